The van der Waals surface area contributed by atoms with Crippen LogP contribution >= 0.6 is 0 Å². The number of methoxy groups -OCH3 is 1. The second-order valence-corrected chi connectivity index (χ2v) is 23.1. The Hall–Kier alpha value is -8.27. The number of fused-ring (bicyclic) bond motifs is 4. The van der Waals surface area contributed by atoms with Gasteiger partial charge < -0.3 is 14.0 Å². The molecule has 7 aromatic carbocycles. The van der Waals surface area contributed by atoms with Gasteiger partial charge in [0.15, 0.2) is 0 Å². The lowest BCUT2D eigenvalue weighted by atomic mass is 9.71. The smallest absolute Gasteiger partial charge is 0.416 e. The molecule has 3 aliphatic heterocycles. The number of quaternary nitrogens is 1. The third-order valence-corrected chi connectivity index (χ3v) is 16.9. The summed E-state index contributed by atoms with van der Waals surface area (Å²) in [4.78, 5) is 4.44. The maximum atomic E-state index is 14.5. The minimum absolute atomic E-state index is 0.0297. The van der Waals surface area contributed by atoms with E-state index in [4.69, 9.17) is 9.47 Å². The van der Waals surface area contributed by atoms with Gasteiger partial charge in [0.05, 0.1) is 76.8 Å². The average Bonchev–Trinajstić information content (AvgIpc) is 0.731. The Morgan fingerprint density at radius 3 is 1.15 bits per heavy atom. The highest BCUT2D eigenvalue weighted by Gasteiger charge is 2.55. The van der Waals surface area contributed by atoms with Crippen LogP contribution in [0.3, 0.4) is 0 Å². The molecule has 4 nitrogen and oxygen atoms in total. The van der Waals surface area contributed by atoms with E-state index >= 15 is 0 Å². The Labute approximate surface area is 517 Å². The number of ether oxygens (including phenoxy) is 2. The van der Waals surface area contributed by atoms with Crippen LogP contribution in [0.15, 0.2) is 152 Å². The fourth-order valence-corrected chi connectivity index (χ4v) is 12.6. The average molecular weight is 1350 g/mol. The molecule has 0 aliphatic carbocycles. The van der Waals surface area contributed by atoms with Crippen molar-refractivity contribution in [3.63, 3.8) is 0 Å². The monoisotopic (exact) mass is 1350 g/mol. The Kier molecular flexibility index (Phi) is 17.6. The van der Waals surface area contributed by atoms with Gasteiger partial charge in [-0.05, 0) is 195 Å². The van der Waals surface area contributed by atoms with Crippen LogP contribution in [0.5, 0.6) is 5.75 Å². The number of piperidine rings is 3. The van der Waals surface area contributed by atoms with Gasteiger partial charge in [-0.25, -0.2) is 0 Å². The van der Waals surface area contributed by atoms with E-state index in [1.165, 1.54) is 37.6 Å². The highest BCUT2D eigenvalue weighted by molar-refractivity contribution is 5.84. The minimum atomic E-state index is -5.46. The molecule has 0 radical (unpaired) electrons. The zero-order valence-electron chi connectivity index (χ0n) is 47.9. The number of hydrogen-bond acceptors (Lipinski definition) is 3. The van der Waals surface area contributed by atoms with Gasteiger partial charge in [-0.15, -0.1) is 6.58 Å². The van der Waals surface area contributed by atoms with Crippen molar-refractivity contribution in [2.24, 2.45) is 11.8 Å². The van der Waals surface area contributed by atoms with Crippen LogP contribution in [-0.4, -0.2) is 35.7 Å². The van der Waals surface area contributed by atoms with Gasteiger partial charge in [-0.3, -0.25) is 4.98 Å². The van der Waals surface area contributed by atoms with E-state index < -0.39 is 170 Å². The third kappa shape index (κ3) is 14.7. The lowest BCUT2D eigenvalue weighted by molar-refractivity contribution is -0.985. The molecule has 94 heavy (non-hydrogen) atoms. The van der Waals surface area contributed by atoms with E-state index in [0.717, 1.165) is 36.4 Å². The van der Waals surface area contributed by atoms with E-state index in [0.29, 0.717) is 30.7 Å². The quantitative estimate of drug-likeness (QED) is 0.0655. The standard InChI is InChI=1S/C66H45F24N2O2/c1-3-35-31-92(30-33-10-37(41-16-45(59(67,68)69)25-46(17-41)60(70,71)72)14-38(11-33)42-18-47(61(73,74)75)26-48(19-42)62(76,77)78)9-7-36(35)24-57(92)58(54-6-8-91-56-5-4-53(93-2)29-55(54)56)94-32-34-12-39(43-20-49(63(79,80)81)27-50(21-43)64(82,83)84)15-40(13-34)44-22-51(65(85,86)87)28-52(23-44)66(88,89)90/h3-6,8,10-23,25-29,35-36,57-58H,1,7,9,24,30-32H2,2H3/q+1/t35-,36-,57+,58-,92?/m0/s1. The van der Waals surface area contributed by atoms with Gasteiger partial charge in [0.25, 0.3) is 0 Å². The van der Waals surface area contributed by atoms with Crippen LogP contribution in [0.4, 0.5) is 105 Å². The zero-order valence-corrected chi connectivity index (χ0v) is 47.9. The normalized spacial score (nSPS) is 18.8. The second kappa shape index (κ2) is 24.2. The number of pyridine rings is 1. The first-order chi connectivity index (χ1) is 43.4. The molecular formula is C66H45F24N2O2+. The highest BCUT2D eigenvalue weighted by Crippen LogP contribution is 2.52. The number of rotatable bonds is 13. The molecule has 0 spiro atoms. The molecule has 8 aromatic rings. The first-order valence-corrected chi connectivity index (χ1v) is 27.9. The predicted octanol–water partition coefficient (Wildman–Crippen LogP) is 21.9. The number of hydrogen-bond donors (Lipinski definition) is 0. The summed E-state index contributed by atoms with van der Waals surface area (Å²) >= 11 is 0. The van der Waals surface area contributed by atoms with Crippen molar-refractivity contribution < 1.29 is 119 Å². The van der Waals surface area contributed by atoms with Gasteiger partial charge >= 0.3 is 49.4 Å². The molecule has 1 unspecified atom stereocenters. The van der Waals surface area contributed by atoms with E-state index in [-0.39, 0.29) is 112 Å². The second-order valence-electron chi connectivity index (χ2n) is 23.1. The van der Waals surface area contributed by atoms with Crippen molar-refractivity contribution >= 4 is 10.9 Å². The highest BCUT2D eigenvalue weighted by atomic mass is 19.4. The Morgan fingerprint density at radius 1 is 0.457 bits per heavy atom. The largest absolute Gasteiger partial charge is 0.497 e. The maximum absolute atomic E-state index is 14.5. The molecule has 0 N–H and O–H groups in total. The molecule has 1 aromatic heterocycles. The van der Waals surface area contributed by atoms with Crippen LogP contribution in [0.1, 0.15) is 80.1 Å². The summed E-state index contributed by atoms with van der Waals surface area (Å²) in [5.74, 6) is -0.536. The molecule has 0 amide bonds. The SMILES string of the molecule is C=C[C@H]1C[N+]2(Cc3cc(-c4cc(C(F)(F)F)cc(C(F)(F)F)c4)cc(-c4cc(C(F)(F)F)cc(C(F)(F)F)c4)c3)CC[C@H]1C[C@@H]2[C@@H](OCc1cc(-c2cc(C(F)(F)F)cc(C(F)(F)F)c2)cc(-c2cc(C(F)(F)F)cc(C(F)(F)F)c2)c1)c1ccnc2ccc(OC)cc12. The Bertz CT molecular complexity index is 3870. The summed E-state index contributed by atoms with van der Waals surface area (Å²) in [6.45, 7) is 2.86. The molecule has 2 bridgehead atoms. The van der Waals surface area contributed by atoms with E-state index in [2.05, 4.69) is 11.6 Å². The van der Waals surface area contributed by atoms with Gasteiger partial charge in [0.1, 0.15) is 24.4 Å². The molecule has 28 heteroatoms. The number of benzene rings is 7. The molecule has 11 rings (SSSR count). The van der Waals surface area contributed by atoms with E-state index in [1.807, 2.05) is 0 Å². The molecule has 498 valence electrons. The predicted molar refractivity (Wildman–Crippen MR) is 294 cm³/mol. The van der Waals surface area contributed by atoms with Crippen molar-refractivity contribution in [3.8, 4) is 50.3 Å². The summed E-state index contributed by atoms with van der Waals surface area (Å²) in [5, 5.41) is 0.286. The summed E-state index contributed by atoms with van der Waals surface area (Å²) in [7, 11) is 1.30. The fraction of sp³-hybridized carbons (Fsp3) is 0.288. The molecule has 5 atom stereocenters. The number of nitrogens with zero attached hydrogens (tertiary/aromatic N) is 2. The van der Waals surface area contributed by atoms with Crippen LogP contribution in [0.25, 0.3) is 55.4 Å². The molecule has 3 saturated heterocycles. The lowest BCUT2D eigenvalue weighted by Gasteiger charge is -2.58. The summed E-state index contributed by atoms with van der Waals surface area (Å²) in [6.07, 6.45) is -41.7. The number of halogens is 24. The summed E-state index contributed by atoms with van der Waals surface area (Å²) < 4.78 is 359. The van der Waals surface area contributed by atoms with Crippen LogP contribution in [-0.2, 0) is 67.3 Å². The lowest BCUT2D eigenvalue weighted by Crippen LogP contribution is -2.67. The van der Waals surface area contributed by atoms with Gasteiger partial charge in [-0.2, -0.15) is 105 Å². The fourth-order valence-electron chi connectivity index (χ4n) is 12.6. The number of alkyl halides is 24. The van der Waals surface area contributed by atoms with Gasteiger partial charge in [0, 0.05) is 35.9 Å². The molecule has 3 aliphatic rings. The summed E-state index contributed by atoms with van der Waals surface area (Å²) in [5.41, 5.74) is -20.3. The van der Waals surface area contributed by atoms with Crippen molar-refractivity contribution in [3.05, 3.63) is 214 Å². The zero-order chi connectivity index (χ0) is 68.8. The van der Waals surface area contributed by atoms with Crippen LogP contribution < -0.4 is 4.74 Å². The van der Waals surface area contributed by atoms with Crippen molar-refractivity contribution in [1.29, 1.82) is 0 Å². The number of aromatic nitrogens is 1. The third-order valence-electron chi connectivity index (χ3n) is 16.9. The van der Waals surface area contributed by atoms with E-state index in [9.17, 15) is 105 Å². The van der Waals surface area contributed by atoms with Crippen molar-refractivity contribution in [1.82, 2.24) is 4.98 Å². The van der Waals surface area contributed by atoms with Crippen molar-refractivity contribution in [2.45, 2.75) is 87.5 Å². The van der Waals surface area contributed by atoms with E-state index in [1.54, 1.807) is 6.08 Å². The maximum Gasteiger partial charge on any atom is 0.416 e. The Balaban J connectivity index is 1.20. The van der Waals surface area contributed by atoms with Gasteiger partial charge in [-0.1, -0.05) is 6.08 Å². The van der Waals surface area contributed by atoms with Crippen LogP contribution in [0.2, 0.25) is 0 Å². The van der Waals surface area contributed by atoms with Gasteiger partial charge in [0.2, 0.25) is 0 Å². The minimum Gasteiger partial charge on any atom is -0.497 e. The summed E-state index contributed by atoms with van der Waals surface area (Å²) in [6, 6.07) is 12.3. The molecule has 3 fully saturated rings. The molecule has 4 heterocycles. The van der Waals surface area contributed by atoms with Crippen molar-refractivity contribution in [2.75, 3.05) is 20.2 Å². The Morgan fingerprint density at radius 2 is 0.809 bits per heavy atom. The first kappa shape index (κ1) is 68.6. The van der Waals surface area contributed by atoms with Crippen LogP contribution in [0, 0.1) is 11.8 Å². The topological polar surface area (TPSA) is 31.4 Å². The molecular weight excluding hydrogens is 1310 g/mol. The first-order valence-electron chi connectivity index (χ1n) is 27.9. The molecule has 0 saturated carbocycles.